The summed E-state index contributed by atoms with van der Waals surface area (Å²) >= 11 is 5.34. The standard InChI is InChI=1S/C20H14N2OS/c23-19-18(21-20(24)22(19)16-10-2-1-3-11-16)13-15-9-6-8-14-7-4-5-12-17(14)15/h1-13H,(H,21,24)/b18-13+. The maximum atomic E-state index is 12.8. The van der Waals surface area contributed by atoms with Crippen LogP contribution in [-0.4, -0.2) is 11.0 Å². The molecule has 3 aromatic rings. The molecule has 0 saturated carbocycles. The van der Waals surface area contributed by atoms with Crippen molar-refractivity contribution >= 4 is 45.8 Å². The Morgan fingerprint density at radius 2 is 1.58 bits per heavy atom. The van der Waals surface area contributed by atoms with Gasteiger partial charge in [-0.25, -0.2) is 0 Å². The first-order valence-electron chi connectivity index (χ1n) is 7.64. The molecule has 0 spiro atoms. The lowest BCUT2D eigenvalue weighted by molar-refractivity contribution is -0.113. The summed E-state index contributed by atoms with van der Waals surface area (Å²) in [5.74, 6) is -0.140. The normalized spacial score (nSPS) is 16.0. The van der Waals surface area contributed by atoms with E-state index in [1.165, 1.54) is 4.90 Å². The predicted octanol–water partition coefficient (Wildman–Crippen LogP) is 4.10. The zero-order chi connectivity index (χ0) is 16.5. The number of carbonyl (C=O) groups is 1. The van der Waals surface area contributed by atoms with Gasteiger partial charge in [-0.3, -0.25) is 9.69 Å². The maximum Gasteiger partial charge on any atom is 0.281 e. The fourth-order valence-electron chi connectivity index (χ4n) is 2.88. The number of hydrogen-bond acceptors (Lipinski definition) is 2. The highest BCUT2D eigenvalue weighted by Crippen LogP contribution is 2.25. The Labute approximate surface area is 145 Å². The molecule has 24 heavy (non-hydrogen) atoms. The molecule has 1 fully saturated rings. The highest BCUT2D eigenvalue weighted by Gasteiger charge is 2.31. The molecule has 0 radical (unpaired) electrons. The van der Waals surface area contributed by atoms with Crippen LogP contribution in [-0.2, 0) is 4.79 Å². The van der Waals surface area contributed by atoms with Crippen LogP contribution in [0.25, 0.3) is 16.8 Å². The summed E-state index contributed by atoms with van der Waals surface area (Å²) in [6.07, 6.45) is 1.86. The Bertz CT molecular complexity index is 974. The van der Waals surface area contributed by atoms with Gasteiger partial charge < -0.3 is 5.32 Å². The van der Waals surface area contributed by atoms with Crippen LogP contribution in [0.15, 0.2) is 78.5 Å². The van der Waals surface area contributed by atoms with Crippen LogP contribution in [0.4, 0.5) is 5.69 Å². The molecule has 0 atom stereocenters. The molecule has 4 rings (SSSR count). The van der Waals surface area contributed by atoms with Gasteiger partial charge in [0.1, 0.15) is 5.70 Å². The topological polar surface area (TPSA) is 32.3 Å². The Morgan fingerprint density at radius 3 is 2.42 bits per heavy atom. The Hall–Kier alpha value is -2.98. The fraction of sp³-hybridized carbons (Fsp3) is 0. The first kappa shape index (κ1) is 14.6. The summed E-state index contributed by atoms with van der Waals surface area (Å²) in [6.45, 7) is 0. The van der Waals surface area contributed by atoms with E-state index in [9.17, 15) is 4.79 Å². The predicted molar refractivity (Wildman–Crippen MR) is 102 cm³/mol. The minimum absolute atomic E-state index is 0.140. The van der Waals surface area contributed by atoms with Crippen molar-refractivity contribution in [2.24, 2.45) is 0 Å². The summed E-state index contributed by atoms with van der Waals surface area (Å²) in [7, 11) is 0. The van der Waals surface area contributed by atoms with E-state index in [2.05, 4.69) is 23.5 Å². The van der Waals surface area contributed by atoms with Crippen molar-refractivity contribution in [1.29, 1.82) is 0 Å². The van der Waals surface area contributed by atoms with Gasteiger partial charge in [0.25, 0.3) is 5.91 Å². The molecule has 116 valence electrons. The molecule has 0 aromatic heterocycles. The summed E-state index contributed by atoms with van der Waals surface area (Å²) in [6, 6.07) is 23.6. The van der Waals surface area contributed by atoms with E-state index in [4.69, 9.17) is 12.2 Å². The number of para-hydroxylation sites is 1. The third-order valence-corrected chi connectivity index (χ3v) is 4.30. The van der Waals surface area contributed by atoms with Crippen molar-refractivity contribution in [3.8, 4) is 0 Å². The van der Waals surface area contributed by atoms with Gasteiger partial charge in [-0.15, -0.1) is 0 Å². The molecule has 0 bridgehead atoms. The van der Waals surface area contributed by atoms with Crippen molar-refractivity contribution in [2.45, 2.75) is 0 Å². The summed E-state index contributed by atoms with van der Waals surface area (Å²) in [5, 5.41) is 5.68. The molecule has 4 heteroatoms. The average Bonchev–Trinajstić information content (AvgIpc) is 2.90. The molecular weight excluding hydrogens is 316 g/mol. The van der Waals surface area contributed by atoms with E-state index in [0.29, 0.717) is 10.8 Å². The summed E-state index contributed by atoms with van der Waals surface area (Å²) in [5.41, 5.74) is 2.24. The molecule has 1 N–H and O–H groups in total. The van der Waals surface area contributed by atoms with E-state index < -0.39 is 0 Å². The number of rotatable bonds is 2. The van der Waals surface area contributed by atoms with Gasteiger partial charge in [-0.1, -0.05) is 60.7 Å². The number of fused-ring (bicyclic) bond motifs is 1. The van der Waals surface area contributed by atoms with Gasteiger partial charge in [-0.05, 0) is 46.8 Å². The van der Waals surface area contributed by atoms with Crippen molar-refractivity contribution in [3.63, 3.8) is 0 Å². The van der Waals surface area contributed by atoms with Gasteiger partial charge in [0.15, 0.2) is 5.11 Å². The fourth-order valence-corrected chi connectivity index (χ4v) is 3.18. The van der Waals surface area contributed by atoms with Crippen LogP contribution in [0.5, 0.6) is 0 Å². The first-order valence-corrected chi connectivity index (χ1v) is 8.05. The van der Waals surface area contributed by atoms with Gasteiger partial charge in [0.05, 0.1) is 5.69 Å². The Balaban J connectivity index is 1.76. The van der Waals surface area contributed by atoms with Gasteiger partial charge in [-0.2, -0.15) is 0 Å². The monoisotopic (exact) mass is 330 g/mol. The molecule has 0 unspecified atom stereocenters. The minimum atomic E-state index is -0.140. The minimum Gasteiger partial charge on any atom is -0.327 e. The lowest BCUT2D eigenvalue weighted by atomic mass is 10.0. The van der Waals surface area contributed by atoms with E-state index >= 15 is 0 Å². The second kappa shape index (κ2) is 5.91. The maximum absolute atomic E-state index is 12.8. The van der Waals surface area contributed by atoms with E-state index in [1.807, 2.05) is 60.7 Å². The highest BCUT2D eigenvalue weighted by molar-refractivity contribution is 7.80. The Morgan fingerprint density at radius 1 is 0.875 bits per heavy atom. The molecule has 1 aliphatic rings. The van der Waals surface area contributed by atoms with Crippen molar-refractivity contribution in [2.75, 3.05) is 4.90 Å². The third kappa shape index (κ3) is 2.47. The molecular formula is C20H14N2OS. The number of amides is 1. The lowest BCUT2D eigenvalue weighted by Crippen LogP contribution is -2.30. The SMILES string of the molecule is O=C1/C(=C\c2cccc3ccccc23)NC(=S)N1c1ccccc1. The number of nitrogens with one attached hydrogen (secondary N) is 1. The Kier molecular flexibility index (Phi) is 3.59. The number of nitrogens with zero attached hydrogens (tertiary/aromatic N) is 1. The molecule has 1 amide bonds. The number of anilines is 1. The van der Waals surface area contributed by atoms with Crippen LogP contribution in [0.2, 0.25) is 0 Å². The zero-order valence-corrected chi connectivity index (χ0v) is 13.6. The lowest BCUT2D eigenvalue weighted by Gasteiger charge is -2.13. The molecule has 0 aliphatic carbocycles. The number of hydrogen-bond donors (Lipinski definition) is 1. The quantitative estimate of drug-likeness (QED) is 0.567. The van der Waals surface area contributed by atoms with E-state index in [-0.39, 0.29) is 5.91 Å². The first-order chi connectivity index (χ1) is 11.7. The molecule has 1 heterocycles. The molecule has 1 aliphatic heterocycles. The van der Waals surface area contributed by atoms with Crippen molar-refractivity contribution in [3.05, 3.63) is 84.1 Å². The van der Waals surface area contributed by atoms with Crippen LogP contribution >= 0.6 is 12.2 Å². The van der Waals surface area contributed by atoms with Crippen LogP contribution in [0.1, 0.15) is 5.56 Å². The zero-order valence-electron chi connectivity index (χ0n) is 12.8. The van der Waals surface area contributed by atoms with E-state index in [1.54, 1.807) is 0 Å². The average molecular weight is 330 g/mol. The number of benzene rings is 3. The van der Waals surface area contributed by atoms with Gasteiger partial charge in [0.2, 0.25) is 0 Å². The van der Waals surface area contributed by atoms with Crippen LogP contribution < -0.4 is 10.2 Å². The van der Waals surface area contributed by atoms with Crippen LogP contribution in [0, 0.1) is 0 Å². The molecule has 3 nitrogen and oxygen atoms in total. The van der Waals surface area contributed by atoms with Crippen LogP contribution in [0.3, 0.4) is 0 Å². The van der Waals surface area contributed by atoms with Gasteiger partial charge in [0, 0.05) is 0 Å². The number of carbonyl (C=O) groups excluding carboxylic acids is 1. The molecule has 1 saturated heterocycles. The second-order valence-corrected chi connectivity index (χ2v) is 5.92. The molecule has 3 aromatic carbocycles. The summed E-state index contributed by atoms with van der Waals surface area (Å²) < 4.78 is 0. The number of thiocarbonyl (C=S) groups is 1. The van der Waals surface area contributed by atoms with Gasteiger partial charge >= 0.3 is 0 Å². The van der Waals surface area contributed by atoms with E-state index in [0.717, 1.165) is 22.0 Å². The van der Waals surface area contributed by atoms with Crippen molar-refractivity contribution in [1.82, 2.24) is 5.32 Å². The second-order valence-electron chi connectivity index (χ2n) is 5.53. The highest BCUT2D eigenvalue weighted by atomic mass is 32.1. The largest absolute Gasteiger partial charge is 0.327 e. The smallest absolute Gasteiger partial charge is 0.281 e. The van der Waals surface area contributed by atoms with Crippen molar-refractivity contribution < 1.29 is 4.79 Å². The third-order valence-electron chi connectivity index (χ3n) is 4.02. The summed E-state index contributed by atoms with van der Waals surface area (Å²) in [4.78, 5) is 14.3.